The van der Waals surface area contributed by atoms with Crippen LogP contribution >= 0.6 is 11.3 Å². The molecule has 0 spiro atoms. The minimum Gasteiger partial charge on any atom is -0.461 e. The van der Waals surface area contributed by atoms with Crippen molar-refractivity contribution < 1.29 is 44.0 Å². The van der Waals surface area contributed by atoms with E-state index in [2.05, 4.69) is 15.5 Å². The average molecular weight is 443 g/mol. The molecule has 1 aliphatic heterocycles. The second kappa shape index (κ2) is 9.59. The summed E-state index contributed by atoms with van der Waals surface area (Å²) in [7, 11) is 0. The van der Waals surface area contributed by atoms with E-state index >= 15 is 0 Å². The number of ketones is 1. The first-order valence-electron chi connectivity index (χ1n) is 9.04. The van der Waals surface area contributed by atoms with E-state index < -0.39 is 48.9 Å². The van der Waals surface area contributed by atoms with E-state index in [0.29, 0.717) is 5.13 Å². The molecule has 1 aliphatic rings. The van der Waals surface area contributed by atoms with E-state index in [4.69, 9.17) is 14.0 Å². The molecule has 5 N–H and O–H groups in total. The molecule has 0 aliphatic carbocycles. The Bertz CT molecular complexity index is 883. The van der Waals surface area contributed by atoms with Gasteiger partial charge in [-0.25, -0.2) is 9.78 Å². The van der Waals surface area contributed by atoms with Crippen LogP contribution in [-0.4, -0.2) is 92.6 Å². The topological polar surface area (TPSA) is 184 Å². The summed E-state index contributed by atoms with van der Waals surface area (Å²) >= 11 is 0.987. The van der Waals surface area contributed by atoms with Crippen molar-refractivity contribution in [1.82, 2.24) is 10.1 Å². The van der Waals surface area contributed by atoms with E-state index in [1.165, 1.54) is 12.3 Å². The van der Waals surface area contributed by atoms with Crippen LogP contribution in [0.2, 0.25) is 0 Å². The highest BCUT2D eigenvalue weighted by atomic mass is 32.1. The molecule has 3 rings (SSSR count). The molecule has 164 valence electrons. The predicted molar refractivity (Wildman–Crippen MR) is 100 cm³/mol. The second-order valence-electron chi connectivity index (χ2n) is 6.40. The van der Waals surface area contributed by atoms with E-state index in [-0.39, 0.29) is 29.5 Å². The Kier molecular flexibility index (Phi) is 7.12. The Morgan fingerprint density at radius 2 is 1.97 bits per heavy atom. The van der Waals surface area contributed by atoms with Crippen LogP contribution in [0.15, 0.2) is 16.8 Å². The van der Waals surface area contributed by atoms with Gasteiger partial charge in [0.25, 0.3) is 0 Å². The molecule has 1 fully saturated rings. The van der Waals surface area contributed by atoms with E-state index in [9.17, 15) is 30.0 Å². The number of rotatable bonds is 8. The number of aromatic nitrogens is 2. The highest BCUT2D eigenvalue weighted by molar-refractivity contribution is 7.17. The highest BCUT2D eigenvalue weighted by Crippen LogP contribution is 2.24. The van der Waals surface area contributed by atoms with Gasteiger partial charge in [-0.2, -0.15) is 0 Å². The van der Waals surface area contributed by atoms with Gasteiger partial charge in [-0.15, -0.1) is 0 Å². The molecule has 0 bridgehead atoms. The molecule has 0 radical (unpaired) electrons. The summed E-state index contributed by atoms with van der Waals surface area (Å²) in [5.74, 6) is -1.38. The van der Waals surface area contributed by atoms with Gasteiger partial charge in [-0.3, -0.25) is 4.79 Å². The molecule has 5 atom stereocenters. The largest absolute Gasteiger partial charge is 0.461 e. The lowest BCUT2D eigenvalue weighted by molar-refractivity contribution is -0.225. The van der Waals surface area contributed by atoms with Gasteiger partial charge >= 0.3 is 5.97 Å². The third-order valence-electron chi connectivity index (χ3n) is 4.39. The van der Waals surface area contributed by atoms with Gasteiger partial charge in [0.05, 0.1) is 19.4 Å². The minimum absolute atomic E-state index is 0.00208. The van der Waals surface area contributed by atoms with Gasteiger partial charge < -0.3 is 39.7 Å². The number of carbonyl (C=O) groups is 2. The predicted octanol–water partition coefficient (Wildman–Crippen LogP) is -1.21. The number of esters is 1. The molecule has 0 amide bonds. The van der Waals surface area contributed by atoms with Crippen molar-refractivity contribution in [2.24, 2.45) is 0 Å². The number of hydrogen-bond acceptors (Lipinski definition) is 13. The summed E-state index contributed by atoms with van der Waals surface area (Å²) < 4.78 is 15.1. The molecule has 12 nitrogen and oxygen atoms in total. The number of carbonyl (C=O) groups excluding carboxylic acids is 2. The molecule has 1 saturated heterocycles. The van der Waals surface area contributed by atoms with Gasteiger partial charge in [0, 0.05) is 12.6 Å². The Labute approximate surface area is 174 Å². The fourth-order valence-corrected chi connectivity index (χ4v) is 3.57. The van der Waals surface area contributed by atoms with Crippen molar-refractivity contribution in [2.75, 3.05) is 25.1 Å². The van der Waals surface area contributed by atoms with Crippen LogP contribution in [0.4, 0.5) is 5.13 Å². The zero-order valence-corrected chi connectivity index (χ0v) is 16.6. The molecule has 13 heteroatoms. The number of anilines is 1. The van der Waals surface area contributed by atoms with Crippen LogP contribution in [0.3, 0.4) is 0 Å². The maximum Gasteiger partial charge on any atom is 0.360 e. The van der Waals surface area contributed by atoms with Crippen molar-refractivity contribution in [3.8, 4) is 0 Å². The van der Waals surface area contributed by atoms with Gasteiger partial charge in [0.2, 0.25) is 11.5 Å². The molecule has 2 aromatic rings. The van der Waals surface area contributed by atoms with Crippen molar-refractivity contribution in [3.05, 3.63) is 28.6 Å². The lowest BCUT2D eigenvalue weighted by Gasteiger charge is -2.40. The maximum atomic E-state index is 12.5. The Balaban J connectivity index is 1.61. The molecular weight excluding hydrogens is 422 g/mol. The molecule has 0 unspecified atom stereocenters. The lowest BCUT2D eigenvalue weighted by atomic mass is 9.95. The maximum absolute atomic E-state index is 12.5. The van der Waals surface area contributed by atoms with Crippen molar-refractivity contribution >= 4 is 28.2 Å². The summed E-state index contributed by atoms with van der Waals surface area (Å²) in [5, 5.41) is 45.6. The normalized spacial score (nSPS) is 26.4. The zero-order chi connectivity index (χ0) is 21.8. The quantitative estimate of drug-likeness (QED) is 0.243. The van der Waals surface area contributed by atoms with Crippen molar-refractivity contribution in [1.29, 1.82) is 0 Å². The van der Waals surface area contributed by atoms with Crippen LogP contribution < -0.4 is 5.32 Å². The highest BCUT2D eigenvalue weighted by Gasteiger charge is 2.43. The smallest absolute Gasteiger partial charge is 0.360 e. The first-order valence-corrected chi connectivity index (χ1v) is 9.86. The van der Waals surface area contributed by atoms with Crippen LogP contribution in [0.1, 0.15) is 32.8 Å². The Morgan fingerprint density at radius 1 is 1.23 bits per heavy atom. The number of hydrogen-bond donors (Lipinski definition) is 5. The number of nitrogens with zero attached hydrogens (tertiary/aromatic N) is 2. The number of ether oxygens (including phenoxy) is 2. The summed E-state index contributed by atoms with van der Waals surface area (Å²) in [4.78, 5) is 28.3. The average Bonchev–Trinajstić information content (AvgIpc) is 3.41. The molecular formula is C17H21N3O9S. The van der Waals surface area contributed by atoms with Crippen LogP contribution in [0.5, 0.6) is 0 Å². The zero-order valence-electron chi connectivity index (χ0n) is 15.8. The number of thiazole rings is 1. The molecule has 0 saturated carbocycles. The first kappa shape index (κ1) is 22.3. The van der Waals surface area contributed by atoms with Crippen molar-refractivity contribution in [3.63, 3.8) is 0 Å². The summed E-state index contributed by atoms with van der Waals surface area (Å²) in [5.41, 5.74) is -0.120. The minimum atomic E-state index is -1.48. The summed E-state index contributed by atoms with van der Waals surface area (Å²) in [6, 6.07) is 1.18. The molecule has 30 heavy (non-hydrogen) atoms. The van der Waals surface area contributed by atoms with Crippen LogP contribution in [0.25, 0.3) is 0 Å². The molecule has 3 heterocycles. The van der Waals surface area contributed by atoms with Gasteiger partial charge in [0.1, 0.15) is 35.4 Å². The summed E-state index contributed by atoms with van der Waals surface area (Å²) in [6.07, 6.45) is -4.93. The molecule has 0 aromatic carbocycles. The van der Waals surface area contributed by atoms with Crippen LogP contribution in [-0.2, 0) is 9.47 Å². The fraction of sp³-hybridized carbons (Fsp3) is 0.529. The first-order chi connectivity index (χ1) is 14.3. The van der Waals surface area contributed by atoms with Crippen molar-refractivity contribution in [2.45, 2.75) is 37.4 Å². The number of aliphatic hydroxyl groups excluding tert-OH is 4. The molecule has 2 aromatic heterocycles. The Morgan fingerprint density at radius 3 is 2.67 bits per heavy atom. The Hall–Kier alpha value is -2.42. The van der Waals surface area contributed by atoms with Gasteiger partial charge in [0.15, 0.2) is 10.8 Å². The van der Waals surface area contributed by atoms with Crippen LogP contribution in [0, 0.1) is 0 Å². The number of aliphatic hydroxyl groups is 4. The fourth-order valence-electron chi connectivity index (χ4n) is 2.80. The standard InChI is InChI=1S/C17H21N3O9S/c1-2-27-16(26)7-3-8(29-20-7)12(22)11-5-19-17(30-11)18-4-9-13(23)15(25)14(24)10(6-21)28-9/h3,5,9-10,13-15,21,23-25H,2,4,6H2,1H3,(H,18,19)/t9-,10-,13-,14-,15-/m1/s1. The van der Waals surface area contributed by atoms with E-state index in [0.717, 1.165) is 11.3 Å². The summed E-state index contributed by atoms with van der Waals surface area (Å²) in [6.45, 7) is 1.27. The third kappa shape index (κ3) is 4.66. The third-order valence-corrected chi connectivity index (χ3v) is 5.35. The SMILES string of the molecule is CCOC(=O)c1cc(C(=O)c2cnc(NC[C@H]3O[C@H](CO)[C@@H](O)[C@H](O)[C@@H]3O)s2)on1. The van der Waals surface area contributed by atoms with E-state index in [1.807, 2.05) is 0 Å². The second-order valence-corrected chi connectivity index (χ2v) is 7.43. The monoisotopic (exact) mass is 443 g/mol. The lowest BCUT2D eigenvalue weighted by Crippen LogP contribution is -2.60. The van der Waals surface area contributed by atoms with Gasteiger partial charge in [-0.1, -0.05) is 16.5 Å². The number of nitrogens with one attached hydrogen (secondary N) is 1. The van der Waals surface area contributed by atoms with E-state index in [1.54, 1.807) is 6.92 Å². The van der Waals surface area contributed by atoms with Gasteiger partial charge in [-0.05, 0) is 6.92 Å².